The lowest BCUT2D eigenvalue weighted by atomic mass is 10.1. The second-order valence-electron chi connectivity index (χ2n) is 5.66. The molecule has 1 atom stereocenters. The average molecular weight is 259 g/mol. The van der Waals surface area contributed by atoms with E-state index in [0.717, 1.165) is 50.5 Å². The number of rotatable bonds is 2. The molecule has 3 rings (SSSR count). The van der Waals surface area contributed by atoms with E-state index in [2.05, 4.69) is 32.9 Å². The van der Waals surface area contributed by atoms with Gasteiger partial charge in [-0.2, -0.15) is 5.26 Å². The van der Waals surface area contributed by atoms with Crippen LogP contribution in [0.1, 0.15) is 30.1 Å². The summed E-state index contributed by atoms with van der Waals surface area (Å²) in [6.45, 7) is 4.24. The van der Waals surface area contributed by atoms with Crippen molar-refractivity contribution in [1.29, 1.82) is 5.26 Å². The zero-order valence-corrected chi connectivity index (χ0v) is 11.5. The maximum Gasteiger partial charge on any atom is 0.161 e. The summed E-state index contributed by atoms with van der Waals surface area (Å²) in [4.78, 5) is 6.93. The largest absolute Gasteiger partial charge is 0.331 e. The molecule has 0 radical (unpaired) electrons. The van der Waals surface area contributed by atoms with E-state index in [4.69, 9.17) is 0 Å². The predicted molar refractivity (Wildman–Crippen MR) is 72.9 cm³/mol. The van der Waals surface area contributed by atoms with Crippen LogP contribution in [0.3, 0.4) is 0 Å². The van der Waals surface area contributed by atoms with E-state index >= 15 is 0 Å². The van der Waals surface area contributed by atoms with Crippen LogP contribution in [0.25, 0.3) is 0 Å². The molecule has 0 amide bonds. The summed E-state index contributed by atoms with van der Waals surface area (Å²) in [5.74, 6) is 1.10. The Balaban J connectivity index is 1.81. The van der Waals surface area contributed by atoms with Crippen molar-refractivity contribution >= 4 is 0 Å². The van der Waals surface area contributed by atoms with Crippen molar-refractivity contribution in [3.05, 3.63) is 17.2 Å². The second-order valence-corrected chi connectivity index (χ2v) is 5.66. The van der Waals surface area contributed by atoms with Gasteiger partial charge >= 0.3 is 0 Å². The first-order chi connectivity index (χ1) is 9.28. The third-order valence-electron chi connectivity index (χ3n) is 4.19. The number of imidazole rings is 1. The molecule has 5 nitrogen and oxygen atoms in total. The van der Waals surface area contributed by atoms with Crippen LogP contribution >= 0.6 is 0 Å². The minimum atomic E-state index is 0.457. The van der Waals surface area contributed by atoms with Gasteiger partial charge in [0.05, 0.1) is 5.69 Å². The Bertz CT molecular complexity index is 499. The van der Waals surface area contributed by atoms with Crippen LogP contribution in [0.2, 0.25) is 0 Å². The van der Waals surface area contributed by atoms with Crippen LogP contribution in [0.15, 0.2) is 0 Å². The van der Waals surface area contributed by atoms with E-state index in [9.17, 15) is 5.26 Å². The normalized spacial score (nSPS) is 23.9. The van der Waals surface area contributed by atoms with Gasteiger partial charge in [0, 0.05) is 38.6 Å². The van der Waals surface area contributed by atoms with Gasteiger partial charge in [-0.25, -0.2) is 4.98 Å². The Morgan fingerprint density at radius 3 is 3.11 bits per heavy atom. The molecule has 0 aromatic carbocycles. The van der Waals surface area contributed by atoms with Gasteiger partial charge in [0.15, 0.2) is 5.69 Å². The number of aromatic nitrogens is 2. The number of piperazine rings is 1. The van der Waals surface area contributed by atoms with E-state index in [1.54, 1.807) is 0 Å². The molecule has 2 aliphatic rings. The van der Waals surface area contributed by atoms with Crippen molar-refractivity contribution in [2.45, 2.75) is 38.3 Å². The summed E-state index contributed by atoms with van der Waals surface area (Å²) in [6.07, 6.45) is 4.33. The van der Waals surface area contributed by atoms with Crippen molar-refractivity contribution in [2.75, 3.05) is 26.7 Å². The van der Waals surface area contributed by atoms with Crippen molar-refractivity contribution in [3.8, 4) is 6.07 Å². The summed E-state index contributed by atoms with van der Waals surface area (Å²) >= 11 is 0. The van der Waals surface area contributed by atoms with Crippen LogP contribution in [-0.2, 0) is 19.4 Å². The average Bonchev–Trinajstić information content (AvgIpc) is 2.77. The molecule has 5 heteroatoms. The number of nitrogens with one attached hydrogen (secondary N) is 1. The van der Waals surface area contributed by atoms with E-state index in [-0.39, 0.29) is 0 Å². The standard InChI is InChI=1S/C14H21N5/c1-18-7-5-16-11(10-18)8-14-17-12(9-15)13-4-2-3-6-19(13)14/h11,16H,2-8,10H2,1H3. The monoisotopic (exact) mass is 259 g/mol. The Morgan fingerprint density at radius 2 is 2.32 bits per heavy atom. The molecule has 1 saturated heterocycles. The topological polar surface area (TPSA) is 56.9 Å². The van der Waals surface area contributed by atoms with Crippen molar-refractivity contribution < 1.29 is 0 Å². The maximum absolute atomic E-state index is 9.21. The van der Waals surface area contributed by atoms with Gasteiger partial charge in [-0.3, -0.25) is 0 Å². The molecule has 0 spiro atoms. The highest BCUT2D eigenvalue weighted by atomic mass is 15.2. The van der Waals surface area contributed by atoms with Gasteiger partial charge in [0.1, 0.15) is 11.9 Å². The first kappa shape index (κ1) is 12.6. The molecular weight excluding hydrogens is 238 g/mol. The van der Waals surface area contributed by atoms with Crippen LogP contribution in [0.5, 0.6) is 0 Å². The van der Waals surface area contributed by atoms with E-state index < -0.39 is 0 Å². The maximum atomic E-state index is 9.21. The summed E-state index contributed by atoms with van der Waals surface area (Å²) < 4.78 is 2.29. The van der Waals surface area contributed by atoms with Gasteiger partial charge in [-0.15, -0.1) is 0 Å². The van der Waals surface area contributed by atoms with Crippen LogP contribution < -0.4 is 5.32 Å². The third kappa shape index (κ3) is 2.51. The molecule has 1 fully saturated rings. The summed E-state index contributed by atoms with van der Waals surface area (Å²) in [5.41, 5.74) is 1.81. The molecule has 0 bridgehead atoms. The summed E-state index contributed by atoms with van der Waals surface area (Å²) in [5, 5.41) is 12.8. The molecule has 0 saturated carbocycles. The fourth-order valence-corrected chi connectivity index (χ4v) is 3.21. The number of hydrogen-bond acceptors (Lipinski definition) is 4. The first-order valence-electron chi connectivity index (χ1n) is 7.18. The minimum Gasteiger partial charge on any atom is -0.331 e. The van der Waals surface area contributed by atoms with Gasteiger partial charge in [-0.05, 0) is 26.3 Å². The number of hydrogen-bond donors (Lipinski definition) is 1. The second kappa shape index (κ2) is 5.32. The van der Waals surface area contributed by atoms with Gasteiger partial charge in [-0.1, -0.05) is 0 Å². The fraction of sp³-hybridized carbons (Fsp3) is 0.714. The SMILES string of the molecule is CN1CCNC(Cc2nc(C#N)c3n2CCCC3)C1. The molecule has 1 aromatic rings. The zero-order chi connectivity index (χ0) is 13.2. The molecule has 1 aromatic heterocycles. The van der Waals surface area contributed by atoms with E-state index in [1.165, 1.54) is 12.8 Å². The van der Waals surface area contributed by atoms with Gasteiger partial charge in [0.25, 0.3) is 0 Å². The highest BCUT2D eigenvalue weighted by Crippen LogP contribution is 2.21. The molecule has 1 unspecified atom stereocenters. The molecular formula is C14H21N5. The third-order valence-corrected chi connectivity index (χ3v) is 4.19. The lowest BCUT2D eigenvalue weighted by molar-refractivity contribution is 0.235. The summed E-state index contributed by atoms with van der Waals surface area (Å²) in [6, 6.07) is 2.72. The number of nitriles is 1. The zero-order valence-electron chi connectivity index (χ0n) is 11.5. The molecule has 3 heterocycles. The molecule has 2 aliphatic heterocycles. The Kier molecular flexibility index (Phi) is 3.54. The smallest absolute Gasteiger partial charge is 0.161 e. The van der Waals surface area contributed by atoms with Gasteiger partial charge < -0.3 is 14.8 Å². The minimum absolute atomic E-state index is 0.457. The molecule has 19 heavy (non-hydrogen) atoms. The number of fused-ring (bicyclic) bond motifs is 1. The Hall–Kier alpha value is -1.38. The van der Waals surface area contributed by atoms with Crippen LogP contribution in [-0.4, -0.2) is 47.2 Å². The Labute approximate surface area is 114 Å². The lowest BCUT2D eigenvalue weighted by Gasteiger charge is -2.31. The fourth-order valence-electron chi connectivity index (χ4n) is 3.21. The lowest BCUT2D eigenvalue weighted by Crippen LogP contribution is -2.50. The predicted octanol–water partition coefficient (Wildman–Crippen LogP) is 0.537. The first-order valence-corrected chi connectivity index (χ1v) is 7.18. The Morgan fingerprint density at radius 1 is 1.42 bits per heavy atom. The molecule has 0 aliphatic carbocycles. The van der Waals surface area contributed by atoms with Crippen LogP contribution in [0, 0.1) is 11.3 Å². The van der Waals surface area contributed by atoms with Crippen molar-refractivity contribution in [1.82, 2.24) is 19.8 Å². The number of nitrogens with zero attached hydrogens (tertiary/aromatic N) is 4. The van der Waals surface area contributed by atoms with E-state index in [1.807, 2.05) is 0 Å². The van der Waals surface area contributed by atoms with Crippen LogP contribution in [0.4, 0.5) is 0 Å². The quantitative estimate of drug-likeness (QED) is 0.842. The van der Waals surface area contributed by atoms with Gasteiger partial charge in [0.2, 0.25) is 0 Å². The molecule has 1 N–H and O–H groups in total. The highest BCUT2D eigenvalue weighted by Gasteiger charge is 2.23. The summed E-state index contributed by atoms with van der Waals surface area (Å²) in [7, 11) is 2.16. The van der Waals surface area contributed by atoms with Crippen molar-refractivity contribution in [2.24, 2.45) is 0 Å². The molecule has 102 valence electrons. The van der Waals surface area contributed by atoms with E-state index in [0.29, 0.717) is 11.7 Å². The highest BCUT2D eigenvalue weighted by molar-refractivity contribution is 5.30. The number of likely N-dealkylation sites (N-methyl/N-ethyl adjacent to an activating group) is 1. The van der Waals surface area contributed by atoms with Crippen molar-refractivity contribution in [3.63, 3.8) is 0 Å².